The summed E-state index contributed by atoms with van der Waals surface area (Å²) in [6, 6.07) is 15.5. The molecule has 0 aromatic heterocycles. The number of nitrogens with zero attached hydrogens (tertiary/aromatic N) is 1. The van der Waals surface area contributed by atoms with Crippen LogP contribution in [0.15, 0.2) is 83.6 Å². The van der Waals surface area contributed by atoms with Crippen molar-refractivity contribution in [3.63, 3.8) is 0 Å². The molecule has 1 heterocycles. The normalized spacial score (nSPS) is 15.5. The van der Waals surface area contributed by atoms with Crippen LogP contribution in [0, 0.1) is 0 Å². The van der Waals surface area contributed by atoms with Gasteiger partial charge in [-0.2, -0.15) is 5.10 Å². The van der Waals surface area contributed by atoms with E-state index in [2.05, 4.69) is 27.7 Å². The Morgan fingerprint density at radius 3 is 2.67 bits per heavy atom. The molecule has 11 heteroatoms. The van der Waals surface area contributed by atoms with E-state index in [1.54, 1.807) is 37.4 Å². The van der Waals surface area contributed by atoms with Crippen LogP contribution >= 0.6 is 0 Å². The van der Waals surface area contributed by atoms with Crippen LogP contribution in [-0.4, -0.2) is 56.5 Å². The Balaban J connectivity index is 1.47. The molecule has 4 N–H and O–H groups in total. The number of urea groups is 1. The van der Waals surface area contributed by atoms with Gasteiger partial charge in [-0.3, -0.25) is 5.43 Å². The van der Waals surface area contributed by atoms with E-state index in [0.717, 1.165) is 16.3 Å². The van der Waals surface area contributed by atoms with E-state index in [1.165, 1.54) is 7.11 Å². The maximum absolute atomic E-state index is 12.4. The fourth-order valence-corrected chi connectivity index (χ4v) is 4.49. The molecule has 2 atom stereocenters. The third kappa shape index (κ3) is 6.99. The number of carbonyl (C=O) groups is 2. The molecule has 11 nitrogen and oxygen atoms in total. The molecule has 0 fully saturated rings. The quantitative estimate of drug-likeness (QED) is 0.0792. The third-order valence-corrected chi connectivity index (χ3v) is 6.38. The maximum Gasteiger partial charge on any atom is 0.337 e. The van der Waals surface area contributed by atoms with Gasteiger partial charge in [-0.15, -0.1) is 0 Å². The number of hydrogen-bond donors (Lipinski definition) is 4. The van der Waals surface area contributed by atoms with Crippen molar-refractivity contribution < 1.29 is 33.6 Å². The van der Waals surface area contributed by atoms with Crippen LogP contribution in [0.3, 0.4) is 0 Å². The van der Waals surface area contributed by atoms with Gasteiger partial charge >= 0.3 is 12.0 Å². The van der Waals surface area contributed by atoms with Crippen LogP contribution in [0.25, 0.3) is 10.8 Å². The largest absolute Gasteiger partial charge is 0.490 e. The molecule has 1 aliphatic rings. The number of methoxy groups -OCH3 is 1. The lowest BCUT2D eigenvalue weighted by Crippen LogP contribution is -2.45. The summed E-state index contributed by atoms with van der Waals surface area (Å²) in [5.74, 6) is 0.804. The van der Waals surface area contributed by atoms with E-state index >= 15 is 0 Å². The second-order valence-electron chi connectivity index (χ2n) is 9.21. The Labute approximate surface area is 243 Å². The molecule has 0 saturated heterocycles. The molecular formula is C31H34N4O7. The first-order valence-corrected chi connectivity index (χ1v) is 13.3. The van der Waals surface area contributed by atoms with Crippen LogP contribution in [-0.2, 0) is 9.53 Å². The molecule has 3 aromatic rings. The molecule has 0 radical (unpaired) electrons. The van der Waals surface area contributed by atoms with E-state index in [4.69, 9.17) is 18.9 Å². The van der Waals surface area contributed by atoms with Crippen LogP contribution in [0.5, 0.6) is 17.2 Å². The summed E-state index contributed by atoms with van der Waals surface area (Å²) in [5.41, 5.74) is 4.68. The molecule has 220 valence electrons. The zero-order valence-electron chi connectivity index (χ0n) is 23.7. The Bertz CT molecular complexity index is 1520. The van der Waals surface area contributed by atoms with Crippen LogP contribution in [0.4, 0.5) is 4.79 Å². The molecule has 1 aliphatic heterocycles. The number of hydrazone groups is 1. The first-order valence-electron chi connectivity index (χ1n) is 13.3. The summed E-state index contributed by atoms with van der Waals surface area (Å²) in [5, 5.41) is 22.0. The number of ether oxygens (including phenoxy) is 4. The average Bonchev–Trinajstić information content (AvgIpc) is 2.99. The van der Waals surface area contributed by atoms with Crippen molar-refractivity contribution in [2.24, 2.45) is 5.10 Å². The van der Waals surface area contributed by atoms with Crippen molar-refractivity contribution in [1.29, 1.82) is 0 Å². The summed E-state index contributed by atoms with van der Waals surface area (Å²) in [6.45, 7) is 7.67. The number of aliphatic hydroxyl groups is 1. The summed E-state index contributed by atoms with van der Waals surface area (Å²) < 4.78 is 22.3. The van der Waals surface area contributed by atoms with Gasteiger partial charge in [0.2, 0.25) is 0 Å². The van der Waals surface area contributed by atoms with E-state index < -0.39 is 24.3 Å². The molecule has 0 bridgehead atoms. The van der Waals surface area contributed by atoms with Crippen LogP contribution in [0.1, 0.15) is 31.0 Å². The second kappa shape index (κ2) is 14.0. The van der Waals surface area contributed by atoms with Crippen molar-refractivity contribution in [2.45, 2.75) is 26.1 Å². The summed E-state index contributed by atoms with van der Waals surface area (Å²) in [4.78, 5) is 24.6. The van der Waals surface area contributed by atoms with Gasteiger partial charge in [0.05, 0.1) is 31.5 Å². The topological polar surface area (TPSA) is 140 Å². The monoisotopic (exact) mass is 574 g/mol. The summed E-state index contributed by atoms with van der Waals surface area (Å²) in [6.07, 6.45) is 2.10. The number of rotatable bonds is 13. The highest BCUT2D eigenvalue weighted by Gasteiger charge is 2.32. The predicted octanol–water partition coefficient (Wildman–Crippen LogP) is 3.93. The molecule has 42 heavy (non-hydrogen) atoms. The zero-order valence-corrected chi connectivity index (χ0v) is 23.7. The Hall–Kier alpha value is -5.03. The Morgan fingerprint density at radius 1 is 1.12 bits per heavy atom. The van der Waals surface area contributed by atoms with Gasteiger partial charge in [-0.25, -0.2) is 9.59 Å². The summed E-state index contributed by atoms with van der Waals surface area (Å²) >= 11 is 0. The van der Waals surface area contributed by atoms with Crippen molar-refractivity contribution in [3.8, 4) is 17.2 Å². The highest BCUT2D eigenvalue weighted by Crippen LogP contribution is 2.35. The number of carbonyl (C=O) groups excluding carboxylic acids is 2. The lowest BCUT2D eigenvalue weighted by atomic mass is 9.95. The third-order valence-electron chi connectivity index (χ3n) is 6.38. The SMILES string of the molecule is C=CCOc1ccc2ccccc2c1/C=N/N[C@H](O)COc1ccc([C@H]2NC(=O)NC(C)=C2C(=O)OC)cc1OCC. The molecule has 0 spiro atoms. The number of allylic oxidation sites excluding steroid dienone is 1. The number of benzene rings is 3. The zero-order chi connectivity index (χ0) is 30.1. The standard InChI is InChI=1S/C31H34N4O7/c1-5-15-41-24-13-11-20-9-7-8-10-22(20)23(24)17-32-35-27(36)18-42-25-14-12-21(16-26(25)40-6-2)29-28(30(37)39-4)19(3)33-31(38)34-29/h5,7-14,16-17,27,29,35-36H,1,6,15,18H2,2-4H3,(H2,33,34,38)/b32-17+/t27-,29-/m1/s1. The molecule has 3 aromatic carbocycles. The van der Waals surface area contributed by atoms with Crippen molar-refractivity contribution >= 4 is 29.0 Å². The molecule has 4 rings (SSSR count). The van der Waals surface area contributed by atoms with Crippen molar-refractivity contribution in [1.82, 2.24) is 16.1 Å². The fraction of sp³-hybridized carbons (Fsp3) is 0.258. The molecule has 0 saturated carbocycles. The number of hydrogen-bond acceptors (Lipinski definition) is 9. The first-order chi connectivity index (χ1) is 20.4. The van der Waals surface area contributed by atoms with E-state index in [-0.39, 0.29) is 12.2 Å². The van der Waals surface area contributed by atoms with Gasteiger partial charge in [-0.05, 0) is 48.4 Å². The highest BCUT2D eigenvalue weighted by molar-refractivity contribution is 6.02. The minimum atomic E-state index is -1.15. The van der Waals surface area contributed by atoms with Crippen LogP contribution < -0.4 is 30.3 Å². The van der Waals surface area contributed by atoms with Gasteiger partial charge in [-0.1, -0.05) is 49.1 Å². The smallest absolute Gasteiger partial charge is 0.337 e. The number of amides is 2. The Morgan fingerprint density at radius 2 is 1.90 bits per heavy atom. The summed E-state index contributed by atoms with van der Waals surface area (Å²) in [7, 11) is 1.28. The predicted molar refractivity (Wildman–Crippen MR) is 159 cm³/mol. The van der Waals surface area contributed by atoms with Crippen molar-refractivity contribution in [2.75, 3.05) is 26.9 Å². The maximum atomic E-state index is 12.4. The first kappa shape index (κ1) is 29.9. The number of fused-ring (bicyclic) bond motifs is 1. The van der Waals surface area contributed by atoms with Gasteiger partial charge in [0.15, 0.2) is 17.7 Å². The van der Waals surface area contributed by atoms with Gasteiger partial charge in [0, 0.05) is 11.3 Å². The molecular weight excluding hydrogens is 540 g/mol. The van der Waals surface area contributed by atoms with E-state index in [9.17, 15) is 14.7 Å². The highest BCUT2D eigenvalue weighted by atomic mass is 16.5. The minimum Gasteiger partial charge on any atom is -0.490 e. The fourth-order valence-electron chi connectivity index (χ4n) is 4.49. The lowest BCUT2D eigenvalue weighted by molar-refractivity contribution is -0.136. The Kier molecular flexibility index (Phi) is 10.0. The minimum absolute atomic E-state index is 0.150. The molecule has 2 amide bonds. The van der Waals surface area contributed by atoms with Gasteiger partial charge in [0.1, 0.15) is 19.0 Å². The van der Waals surface area contributed by atoms with E-state index in [1.807, 2.05) is 43.3 Å². The number of nitrogens with one attached hydrogen (secondary N) is 3. The molecule has 0 unspecified atom stereocenters. The van der Waals surface area contributed by atoms with Crippen LogP contribution in [0.2, 0.25) is 0 Å². The number of aliphatic hydroxyl groups excluding tert-OH is 1. The van der Waals surface area contributed by atoms with Gasteiger partial charge < -0.3 is 34.7 Å². The van der Waals surface area contributed by atoms with E-state index in [0.29, 0.717) is 41.7 Å². The average molecular weight is 575 g/mol. The number of esters is 1. The van der Waals surface area contributed by atoms with Gasteiger partial charge in [0.25, 0.3) is 0 Å². The molecule has 0 aliphatic carbocycles. The van der Waals surface area contributed by atoms with Crippen molar-refractivity contribution in [3.05, 3.63) is 89.6 Å². The lowest BCUT2D eigenvalue weighted by Gasteiger charge is -2.28. The second-order valence-corrected chi connectivity index (χ2v) is 9.21.